The van der Waals surface area contributed by atoms with E-state index in [9.17, 15) is 19.8 Å². The molecule has 0 bridgehead atoms. The molecular formula is C74H145NO5. The van der Waals surface area contributed by atoms with Crippen LogP contribution in [0.25, 0.3) is 0 Å². The molecule has 0 radical (unpaired) electrons. The smallest absolute Gasteiger partial charge is 0.305 e. The van der Waals surface area contributed by atoms with E-state index in [0.717, 1.165) is 38.5 Å². The Morgan fingerprint density at radius 1 is 0.338 bits per heavy atom. The molecule has 0 aliphatic rings. The van der Waals surface area contributed by atoms with Gasteiger partial charge >= 0.3 is 5.97 Å². The van der Waals surface area contributed by atoms with E-state index in [1.54, 1.807) is 0 Å². The van der Waals surface area contributed by atoms with Crippen molar-refractivity contribution < 1.29 is 24.5 Å². The topological polar surface area (TPSA) is 95.9 Å². The van der Waals surface area contributed by atoms with Crippen LogP contribution in [-0.2, 0) is 14.3 Å². The van der Waals surface area contributed by atoms with Crippen molar-refractivity contribution in [3.63, 3.8) is 0 Å². The van der Waals surface area contributed by atoms with Gasteiger partial charge in [0, 0.05) is 12.8 Å². The zero-order valence-corrected chi connectivity index (χ0v) is 54.6. The molecule has 0 spiro atoms. The fourth-order valence-corrected chi connectivity index (χ4v) is 11.9. The molecule has 0 rings (SSSR count). The largest absolute Gasteiger partial charge is 0.466 e. The van der Waals surface area contributed by atoms with Gasteiger partial charge < -0.3 is 20.3 Å². The molecule has 1 amide bonds. The van der Waals surface area contributed by atoms with E-state index in [0.29, 0.717) is 25.9 Å². The van der Waals surface area contributed by atoms with Gasteiger partial charge in [0.25, 0.3) is 0 Å². The highest BCUT2D eigenvalue weighted by atomic mass is 16.5. The quantitative estimate of drug-likeness (QED) is 0.0320. The van der Waals surface area contributed by atoms with Crippen molar-refractivity contribution in [1.29, 1.82) is 0 Å². The molecule has 0 aromatic heterocycles. The lowest BCUT2D eigenvalue weighted by Gasteiger charge is -2.22. The predicted molar refractivity (Wildman–Crippen MR) is 352 cm³/mol. The van der Waals surface area contributed by atoms with Crippen LogP contribution in [0.4, 0.5) is 0 Å². The number of amides is 1. The molecule has 0 aliphatic carbocycles. The first kappa shape index (κ1) is 78.6. The molecule has 0 aliphatic heterocycles. The number of esters is 1. The Kier molecular flexibility index (Phi) is 68.9. The van der Waals surface area contributed by atoms with E-state index >= 15 is 0 Å². The van der Waals surface area contributed by atoms with E-state index in [1.807, 2.05) is 0 Å². The number of nitrogens with one attached hydrogen (secondary N) is 1. The number of carbonyl (C=O) groups is 2. The molecule has 6 heteroatoms. The lowest BCUT2D eigenvalue weighted by Crippen LogP contribution is -2.45. The molecule has 0 heterocycles. The molecular weight excluding hydrogens is 983 g/mol. The van der Waals surface area contributed by atoms with Gasteiger partial charge in [-0.05, 0) is 51.4 Å². The van der Waals surface area contributed by atoms with E-state index < -0.39 is 12.1 Å². The molecule has 476 valence electrons. The molecule has 0 aromatic rings. The minimum Gasteiger partial charge on any atom is -0.466 e. The molecule has 6 nitrogen and oxygen atoms in total. The van der Waals surface area contributed by atoms with Gasteiger partial charge in [0.15, 0.2) is 0 Å². The van der Waals surface area contributed by atoms with Crippen LogP contribution in [0, 0.1) is 0 Å². The van der Waals surface area contributed by atoms with Crippen molar-refractivity contribution in [2.75, 3.05) is 13.2 Å². The SMILES string of the molecule is CCCCCCCCCCCCCCCCCCCCCC(=O)OCCCCCCCCCCCCCC/C=C\CCCCCCCCCCCCCCCCCC(=O)NC(CO)C(O)CCCCCCCCCCCCCCC. The second kappa shape index (κ2) is 70.1. The first-order valence-corrected chi connectivity index (χ1v) is 36.9. The van der Waals surface area contributed by atoms with Crippen LogP contribution in [0.1, 0.15) is 425 Å². The number of allylic oxidation sites excluding steroid dienone is 2. The number of rotatable bonds is 70. The zero-order valence-electron chi connectivity index (χ0n) is 54.6. The van der Waals surface area contributed by atoms with Gasteiger partial charge in [-0.25, -0.2) is 0 Å². The number of ether oxygens (including phenoxy) is 1. The normalized spacial score (nSPS) is 12.5. The van der Waals surface area contributed by atoms with Gasteiger partial charge in [-0.15, -0.1) is 0 Å². The van der Waals surface area contributed by atoms with Crippen molar-refractivity contribution in [2.24, 2.45) is 0 Å². The van der Waals surface area contributed by atoms with Crippen LogP contribution in [0.2, 0.25) is 0 Å². The summed E-state index contributed by atoms with van der Waals surface area (Å²) in [6.45, 7) is 5.00. The van der Waals surface area contributed by atoms with Crippen LogP contribution in [-0.4, -0.2) is 47.4 Å². The van der Waals surface area contributed by atoms with Crippen molar-refractivity contribution in [2.45, 2.75) is 437 Å². The highest BCUT2D eigenvalue weighted by Crippen LogP contribution is 2.19. The maximum Gasteiger partial charge on any atom is 0.305 e. The van der Waals surface area contributed by atoms with Crippen molar-refractivity contribution in [3.8, 4) is 0 Å². The molecule has 3 N–H and O–H groups in total. The molecule has 0 saturated heterocycles. The monoisotopic (exact) mass is 1130 g/mol. The van der Waals surface area contributed by atoms with Crippen molar-refractivity contribution in [1.82, 2.24) is 5.32 Å². The second-order valence-corrected chi connectivity index (χ2v) is 25.6. The zero-order chi connectivity index (χ0) is 57.8. The van der Waals surface area contributed by atoms with Crippen LogP contribution >= 0.6 is 0 Å². The Hall–Kier alpha value is -1.40. The summed E-state index contributed by atoms with van der Waals surface area (Å²) < 4.78 is 5.52. The van der Waals surface area contributed by atoms with Gasteiger partial charge in [-0.3, -0.25) is 9.59 Å². The summed E-state index contributed by atoms with van der Waals surface area (Å²) in [5.41, 5.74) is 0. The molecule has 2 unspecified atom stereocenters. The third kappa shape index (κ3) is 65.7. The minimum atomic E-state index is -0.661. The Morgan fingerprint density at radius 3 is 0.887 bits per heavy atom. The third-order valence-electron chi connectivity index (χ3n) is 17.6. The highest BCUT2D eigenvalue weighted by Gasteiger charge is 2.20. The molecule has 0 fully saturated rings. The van der Waals surface area contributed by atoms with Crippen molar-refractivity contribution >= 4 is 11.9 Å². The van der Waals surface area contributed by atoms with E-state index in [-0.39, 0.29) is 18.5 Å². The Morgan fingerprint density at radius 2 is 0.588 bits per heavy atom. The fourth-order valence-electron chi connectivity index (χ4n) is 11.9. The lowest BCUT2D eigenvalue weighted by atomic mass is 10.0. The summed E-state index contributed by atoms with van der Waals surface area (Å²) in [7, 11) is 0. The van der Waals surface area contributed by atoms with E-state index in [1.165, 1.54) is 353 Å². The summed E-state index contributed by atoms with van der Waals surface area (Å²) in [6, 6.07) is -0.538. The van der Waals surface area contributed by atoms with Crippen LogP contribution < -0.4 is 5.32 Å². The Balaban J connectivity index is 3.32. The first-order valence-electron chi connectivity index (χ1n) is 36.9. The maximum atomic E-state index is 12.5. The minimum absolute atomic E-state index is 0.0235. The number of hydrogen-bond donors (Lipinski definition) is 3. The number of aliphatic hydroxyl groups excluding tert-OH is 2. The predicted octanol–water partition coefficient (Wildman–Crippen LogP) is 23.9. The molecule has 80 heavy (non-hydrogen) atoms. The fraction of sp³-hybridized carbons (Fsp3) is 0.946. The summed E-state index contributed by atoms with van der Waals surface area (Å²) in [6.07, 6.45) is 87.1. The van der Waals surface area contributed by atoms with Crippen LogP contribution in [0.3, 0.4) is 0 Å². The molecule has 0 saturated carbocycles. The maximum absolute atomic E-state index is 12.5. The van der Waals surface area contributed by atoms with Gasteiger partial charge in [0.2, 0.25) is 5.91 Å². The van der Waals surface area contributed by atoms with Gasteiger partial charge in [0.1, 0.15) is 0 Å². The number of carbonyl (C=O) groups excluding carboxylic acids is 2. The lowest BCUT2D eigenvalue weighted by molar-refractivity contribution is -0.143. The molecule has 2 atom stereocenters. The second-order valence-electron chi connectivity index (χ2n) is 25.6. The van der Waals surface area contributed by atoms with Crippen LogP contribution in [0.15, 0.2) is 12.2 Å². The van der Waals surface area contributed by atoms with Gasteiger partial charge in [0.05, 0.1) is 25.4 Å². The van der Waals surface area contributed by atoms with Crippen molar-refractivity contribution in [3.05, 3.63) is 12.2 Å². The van der Waals surface area contributed by atoms with E-state index in [2.05, 4.69) is 31.3 Å². The number of aliphatic hydroxyl groups is 2. The average molecular weight is 1130 g/mol. The average Bonchev–Trinajstić information content (AvgIpc) is 3.46. The summed E-state index contributed by atoms with van der Waals surface area (Å²) in [5, 5.41) is 23.3. The number of unbranched alkanes of at least 4 members (excludes halogenated alkanes) is 57. The number of hydrogen-bond acceptors (Lipinski definition) is 5. The van der Waals surface area contributed by atoms with Crippen LogP contribution in [0.5, 0.6) is 0 Å². The first-order chi connectivity index (χ1) is 39.5. The summed E-state index contributed by atoms with van der Waals surface area (Å²) in [5.74, 6) is -0.00675. The standard InChI is InChI=1S/C74H145NO5/c1-3-5-7-9-11-13-15-17-18-19-33-37-40-44-48-52-56-60-64-68-74(79)80-69-65-61-57-53-49-45-41-38-35-32-30-28-26-24-22-20-21-23-25-27-29-31-34-36-39-43-47-51-55-59-63-67-73(78)75-71(70-76)72(77)66-62-58-54-50-46-42-16-14-12-10-8-6-4-2/h22,24,71-72,76-77H,3-21,23,25-70H2,1-2H3,(H,75,78)/b24-22-. The highest BCUT2D eigenvalue weighted by molar-refractivity contribution is 5.76. The van der Waals surface area contributed by atoms with Gasteiger partial charge in [-0.2, -0.15) is 0 Å². The third-order valence-corrected chi connectivity index (χ3v) is 17.6. The Labute approximate surface area is 501 Å². The summed E-state index contributed by atoms with van der Waals surface area (Å²) in [4.78, 5) is 24.6. The van der Waals surface area contributed by atoms with Gasteiger partial charge in [-0.1, -0.05) is 373 Å². The van der Waals surface area contributed by atoms with E-state index in [4.69, 9.17) is 4.74 Å². The summed E-state index contributed by atoms with van der Waals surface area (Å²) >= 11 is 0. The molecule has 0 aromatic carbocycles. The Bertz CT molecular complexity index is 1210.